The predicted molar refractivity (Wildman–Crippen MR) is 221 cm³/mol. The maximum absolute atomic E-state index is 12.7. The summed E-state index contributed by atoms with van der Waals surface area (Å²) in [6.45, 7) is 1.62. The van der Waals surface area contributed by atoms with Gasteiger partial charge in [0.2, 0.25) is 17.7 Å². The van der Waals surface area contributed by atoms with Gasteiger partial charge in [-0.1, -0.05) is 35.5 Å². The Morgan fingerprint density at radius 2 is 1.43 bits per heavy atom. The first kappa shape index (κ1) is 47.4. The van der Waals surface area contributed by atoms with E-state index in [4.69, 9.17) is 47.4 Å². The van der Waals surface area contributed by atoms with Crippen molar-refractivity contribution in [2.45, 2.75) is 67.9 Å². The third-order valence-electron chi connectivity index (χ3n) is 8.62. The van der Waals surface area contributed by atoms with Crippen molar-refractivity contribution in [3.05, 3.63) is 76.6 Å². The van der Waals surface area contributed by atoms with Crippen LogP contribution in [0.15, 0.2) is 64.2 Å². The molecular weight excluding hydrogens is 834 g/mol. The fourth-order valence-electron chi connectivity index (χ4n) is 5.21. The van der Waals surface area contributed by atoms with Crippen LogP contribution in [0.25, 0.3) is 22.6 Å². The fourth-order valence-corrected chi connectivity index (χ4v) is 6.21. The number of benzene rings is 2. The molecule has 5 atom stereocenters. The third-order valence-corrected chi connectivity index (χ3v) is 9.89. The average molecular weight is 878 g/mol. The van der Waals surface area contributed by atoms with Crippen LogP contribution in [0.5, 0.6) is 5.75 Å². The minimum Gasteiger partial charge on any atom is -0.490 e. The van der Waals surface area contributed by atoms with E-state index in [9.17, 15) is 39.9 Å². The number of amides is 2. The molecule has 10 N–H and O–H groups in total. The van der Waals surface area contributed by atoms with E-state index in [1.54, 1.807) is 48.5 Å². The fraction of sp³-hybridized carbons (Fsp3) is 0.350. The second kappa shape index (κ2) is 22.9. The highest BCUT2D eigenvalue weighted by atomic mass is 35.5. The number of carbonyl (C=O) groups is 4. The number of esters is 2. The zero-order valence-electron chi connectivity index (χ0n) is 33.0. The Morgan fingerprint density at radius 1 is 0.852 bits per heavy atom. The van der Waals surface area contributed by atoms with E-state index in [2.05, 4.69) is 26.7 Å². The zero-order valence-corrected chi connectivity index (χ0v) is 34.6. The summed E-state index contributed by atoms with van der Waals surface area (Å²) in [5.41, 5.74) is 19.5. The molecule has 0 saturated carbocycles. The molecule has 1 unspecified atom stereocenters. The van der Waals surface area contributed by atoms with E-state index in [1.807, 2.05) is 6.07 Å². The van der Waals surface area contributed by atoms with E-state index in [0.29, 0.717) is 22.2 Å². The monoisotopic (exact) mass is 877 g/mol. The van der Waals surface area contributed by atoms with Crippen LogP contribution in [0.3, 0.4) is 0 Å². The van der Waals surface area contributed by atoms with Gasteiger partial charge in [0.15, 0.2) is 6.10 Å². The summed E-state index contributed by atoms with van der Waals surface area (Å²) in [5, 5.41) is 45.0. The van der Waals surface area contributed by atoms with Crippen molar-refractivity contribution in [1.29, 1.82) is 10.5 Å². The van der Waals surface area contributed by atoms with Gasteiger partial charge >= 0.3 is 11.9 Å². The molecule has 0 spiro atoms. The smallest absolute Gasteiger partial charge is 0.308 e. The lowest BCUT2D eigenvalue weighted by Crippen LogP contribution is -2.47. The topological polar surface area (TPSA) is 325 Å². The molecule has 4 aromatic rings. The quantitative estimate of drug-likeness (QED) is 0.0464. The number of hydrogen-bond acceptors (Lipinski definition) is 18. The molecule has 0 saturated heterocycles. The van der Waals surface area contributed by atoms with Gasteiger partial charge in [-0.05, 0) is 55.8 Å². The number of thioether (sulfide) groups is 1. The van der Waals surface area contributed by atoms with Crippen LogP contribution in [0.1, 0.15) is 43.5 Å². The number of hydrogen-bond donors (Lipinski definition) is 7. The van der Waals surface area contributed by atoms with Gasteiger partial charge in [-0.2, -0.15) is 10.5 Å². The molecule has 2 amide bonds. The minimum atomic E-state index is -1.20. The number of pyridine rings is 1. The van der Waals surface area contributed by atoms with Gasteiger partial charge in [-0.3, -0.25) is 19.2 Å². The van der Waals surface area contributed by atoms with E-state index in [0.717, 1.165) is 5.56 Å². The standard InChI is InChI=1S/C40H44ClN9O10S/c1-21(51)34(44)37(55)47-13-11-31(53)58-19-28(60-32(54)12-14-48-38(56)35(45)22(2)52)18-57-27-9-5-23(6-10-27)33-29(15-42)36(46)50-40(30(33)16-43)61-20-26-17-59-39(49-26)24-3-7-25(41)8-4-24/h3-10,17,21-22,28,34-35,51-52H,11-14,18-20,44-45H2,1-2H3,(H2,46,50)(H,47,55)(H,48,56)/t21-,22-,28?,34+,35+/m1/s1. The highest BCUT2D eigenvalue weighted by Gasteiger charge is 2.24. The van der Waals surface area contributed by atoms with Gasteiger partial charge in [-0.25, -0.2) is 9.97 Å². The van der Waals surface area contributed by atoms with Crippen molar-refractivity contribution in [2.75, 3.05) is 32.0 Å². The number of nitrogens with two attached hydrogens (primary N) is 3. The Balaban J connectivity index is 1.44. The lowest BCUT2D eigenvalue weighted by Gasteiger charge is -2.20. The van der Waals surface area contributed by atoms with E-state index >= 15 is 0 Å². The molecule has 0 fully saturated rings. The number of halogens is 1. The van der Waals surface area contributed by atoms with E-state index < -0.39 is 60.8 Å². The molecule has 322 valence electrons. The SMILES string of the molecule is C[C@@H](O)[C@H](N)C(=O)NCCC(=O)OCC(COc1ccc(-c2c(C#N)c(N)nc(SCc3coc(-c4ccc(Cl)cc4)n3)c2C#N)cc1)OC(=O)CCNC(=O)[C@@H](N)[C@@H](C)O. The lowest BCUT2D eigenvalue weighted by molar-refractivity contribution is -0.160. The van der Waals surface area contributed by atoms with Gasteiger partial charge in [0.05, 0.1) is 36.3 Å². The lowest BCUT2D eigenvalue weighted by atomic mass is 9.97. The van der Waals surface area contributed by atoms with Crippen LogP contribution in [0.2, 0.25) is 5.02 Å². The van der Waals surface area contributed by atoms with Crippen LogP contribution in [0.4, 0.5) is 5.82 Å². The van der Waals surface area contributed by atoms with Crippen molar-refractivity contribution >= 4 is 52.9 Å². The van der Waals surface area contributed by atoms with Gasteiger partial charge in [-0.15, -0.1) is 0 Å². The highest BCUT2D eigenvalue weighted by Crippen LogP contribution is 2.37. The first-order valence-electron chi connectivity index (χ1n) is 18.6. The Bertz CT molecular complexity index is 2240. The number of nitrogens with zero attached hydrogens (tertiary/aromatic N) is 4. The Hall–Kier alpha value is -6.26. The summed E-state index contributed by atoms with van der Waals surface area (Å²) in [5.74, 6) is -2.05. The van der Waals surface area contributed by atoms with Gasteiger partial charge in [0.25, 0.3) is 0 Å². The van der Waals surface area contributed by atoms with E-state index in [-0.39, 0.29) is 71.6 Å². The zero-order chi connectivity index (χ0) is 44.6. The molecule has 0 aliphatic heterocycles. The van der Waals surface area contributed by atoms with Crippen LogP contribution in [0, 0.1) is 22.7 Å². The predicted octanol–water partition coefficient (Wildman–Crippen LogP) is 1.94. The van der Waals surface area contributed by atoms with Crippen LogP contribution >= 0.6 is 23.4 Å². The number of nitrogens with one attached hydrogen (secondary N) is 2. The molecule has 2 heterocycles. The van der Waals surface area contributed by atoms with Crippen molar-refractivity contribution in [2.24, 2.45) is 11.5 Å². The number of aliphatic hydroxyl groups excluding tert-OH is 2. The first-order chi connectivity index (χ1) is 29.1. The van der Waals surface area contributed by atoms with Crippen molar-refractivity contribution < 1.29 is 48.0 Å². The molecule has 2 aromatic heterocycles. The first-order valence-corrected chi connectivity index (χ1v) is 20.0. The average Bonchev–Trinajstić information content (AvgIpc) is 3.72. The van der Waals surface area contributed by atoms with Gasteiger partial charge in [0, 0.05) is 35.0 Å². The van der Waals surface area contributed by atoms with E-state index in [1.165, 1.54) is 31.9 Å². The van der Waals surface area contributed by atoms with Crippen LogP contribution < -0.4 is 32.6 Å². The number of rotatable bonds is 21. The largest absolute Gasteiger partial charge is 0.490 e. The van der Waals surface area contributed by atoms with Crippen molar-refractivity contribution in [3.63, 3.8) is 0 Å². The molecule has 4 rings (SSSR count). The second-order valence-electron chi connectivity index (χ2n) is 13.3. The summed E-state index contributed by atoms with van der Waals surface area (Å²) in [4.78, 5) is 58.1. The number of aliphatic hydroxyl groups is 2. The van der Waals surface area contributed by atoms with Crippen molar-refractivity contribution in [3.8, 4) is 40.5 Å². The minimum absolute atomic E-state index is 0.00997. The third kappa shape index (κ3) is 13.9. The molecule has 19 nitrogen and oxygen atoms in total. The number of nitriles is 2. The second-order valence-corrected chi connectivity index (χ2v) is 14.7. The summed E-state index contributed by atoms with van der Waals surface area (Å²) in [6, 6.07) is 15.0. The molecule has 21 heteroatoms. The molecule has 0 aliphatic rings. The summed E-state index contributed by atoms with van der Waals surface area (Å²) >= 11 is 7.17. The normalized spacial score (nSPS) is 13.3. The molecule has 0 bridgehead atoms. The number of anilines is 1. The number of carbonyl (C=O) groups excluding carboxylic acids is 4. The Morgan fingerprint density at radius 3 is 2.00 bits per heavy atom. The summed E-state index contributed by atoms with van der Waals surface area (Å²) < 4.78 is 22.2. The summed E-state index contributed by atoms with van der Waals surface area (Å²) in [7, 11) is 0. The highest BCUT2D eigenvalue weighted by molar-refractivity contribution is 7.98. The van der Waals surface area contributed by atoms with Crippen LogP contribution in [-0.2, 0) is 34.4 Å². The van der Waals surface area contributed by atoms with Crippen molar-refractivity contribution in [1.82, 2.24) is 20.6 Å². The maximum atomic E-state index is 12.7. The number of aromatic nitrogens is 2. The number of nitrogen functional groups attached to an aromatic ring is 1. The Labute approximate surface area is 359 Å². The molecule has 0 aliphatic carbocycles. The Kier molecular flexibility index (Phi) is 17.8. The number of ether oxygens (including phenoxy) is 3. The molecule has 61 heavy (non-hydrogen) atoms. The van der Waals surface area contributed by atoms with Gasteiger partial charge < -0.3 is 56.7 Å². The number of oxazole rings is 1. The maximum Gasteiger partial charge on any atom is 0.308 e. The van der Waals surface area contributed by atoms with Gasteiger partial charge in [0.1, 0.15) is 65.9 Å². The molecule has 0 radical (unpaired) electrons. The molecule has 2 aromatic carbocycles. The van der Waals surface area contributed by atoms with Crippen LogP contribution in [-0.4, -0.2) is 101 Å². The summed E-state index contributed by atoms with van der Waals surface area (Å²) in [6.07, 6.45) is -2.44. The molecular formula is C40H44ClN9O10S.